The Morgan fingerprint density at radius 2 is 1.90 bits per heavy atom. The molecule has 8 nitrogen and oxygen atoms in total. The number of nitrogens with one attached hydrogen (secondary N) is 2. The average molecular weight is 409 g/mol. The van der Waals surface area contributed by atoms with Crippen LogP contribution in [0.3, 0.4) is 0 Å². The highest BCUT2D eigenvalue weighted by atomic mass is 19.1. The molecule has 2 N–H and O–H groups in total. The largest absolute Gasteiger partial charge is 0.459 e. The van der Waals surface area contributed by atoms with Crippen LogP contribution in [0.4, 0.5) is 4.39 Å². The summed E-state index contributed by atoms with van der Waals surface area (Å²) in [6, 6.07) is 14.6. The second kappa shape index (κ2) is 9.78. The maximum Gasteiger partial charge on any atom is 0.343 e. The lowest BCUT2D eigenvalue weighted by Crippen LogP contribution is -2.34. The summed E-state index contributed by atoms with van der Waals surface area (Å²) < 4.78 is 23.3. The van der Waals surface area contributed by atoms with Crippen LogP contribution in [0.2, 0.25) is 0 Å². The first-order valence-corrected chi connectivity index (χ1v) is 8.73. The van der Waals surface area contributed by atoms with E-state index in [9.17, 15) is 18.8 Å². The van der Waals surface area contributed by atoms with Gasteiger partial charge in [0.2, 0.25) is 0 Å². The van der Waals surface area contributed by atoms with Crippen molar-refractivity contribution in [2.24, 2.45) is 5.10 Å². The molecule has 3 aromatic rings. The minimum Gasteiger partial charge on any atom is -0.459 e. The molecule has 152 valence electrons. The first-order valence-electron chi connectivity index (χ1n) is 8.73. The van der Waals surface area contributed by atoms with Gasteiger partial charge in [-0.25, -0.2) is 14.6 Å². The van der Waals surface area contributed by atoms with Crippen molar-refractivity contribution in [2.75, 3.05) is 6.54 Å². The quantitative estimate of drug-likeness (QED) is 0.270. The predicted octanol–water partition coefficient (Wildman–Crippen LogP) is 2.52. The molecule has 0 bridgehead atoms. The third-order valence-corrected chi connectivity index (χ3v) is 3.69. The monoisotopic (exact) mass is 409 g/mol. The maximum atomic E-state index is 13.2. The van der Waals surface area contributed by atoms with Crippen molar-refractivity contribution in [3.63, 3.8) is 0 Å². The number of hydrogen-bond acceptors (Lipinski definition) is 6. The highest BCUT2D eigenvalue weighted by molar-refractivity contribution is 5.94. The lowest BCUT2D eigenvalue weighted by molar-refractivity contribution is -0.120. The van der Waals surface area contributed by atoms with Crippen LogP contribution in [0.15, 0.2) is 76.4 Å². The van der Waals surface area contributed by atoms with Gasteiger partial charge in [-0.05, 0) is 48.0 Å². The number of nitrogens with zero attached hydrogens (tertiary/aromatic N) is 1. The summed E-state index contributed by atoms with van der Waals surface area (Å²) in [6.45, 7) is -0.290. The highest BCUT2D eigenvalue weighted by Crippen LogP contribution is 2.15. The normalized spacial score (nSPS) is 10.6. The van der Waals surface area contributed by atoms with Crippen LogP contribution in [0.5, 0.6) is 5.75 Å². The van der Waals surface area contributed by atoms with Gasteiger partial charge in [-0.15, -0.1) is 0 Å². The van der Waals surface area contributed by atoms with Gasteiger partial charge in [-0.1, -0.05) is 18.2 Å². The number of furan rings is 1. The summed E-state index contributed by atoms with van der Waals surface area (Å²) >= 11 is 0. The fourth-order valence-electron chi connectivity index (χ4n) is 2.31. The molecule has 0 unspecified atom stereocenters. The van der Waals surface area contributed by atoms with Gasteiger partial charge >= 0.3 is 5.97 Å². The Hall–Kier alpha value is -4.27. The van der Waals surface area contributed by atoms with Gasteiger partial charge in [-0.3, -0.25) is 9.59 Å². The zero-order valence-corrected chi connectivity index (χ0v) is 15.5. The van der Waals surface area contributed by atoms with E-state index < -0.39 is 23.6 Å². The van der Waals surface area contributed by atoms with Crippen molar-refractivity contribution in [3.8, 4) is 5.75 Å². The summed E-state index contributed by atoms with van der Waals surface area (Å²) in [5, 5.41) is 6.16. The van der Waals surface area contributed by atoms with Gasteiger partial charge < -0.3 is 14.5 Å². The van der Waals surface area contributed by atoms with Crippen LogP contribution in [0, 0.1) is 5.82 Å². The molecule has 2 amide bonds. The zero-order valence-electron chi connectivity index (χ0n) is 15.5. The molecule has 0 saturated heterocycles. The molecule has 0 atom stereocenters. The molecule has 0 fully saturated rings. The van der Waals surface area contributed by atoms with Gasteiger partial charge in [0.25, 0.3) is 11.8 Å². The fourth-order valence-corrected chi connectivity index (χ4v) is 2.31. The number of rotatable bonds is 7. The van der Waals surface area contributed by atoms with E-state index in [1.807, 2.05) is 0 Å². The predicted molar refractivity (Wildman–Crippen MR) is 105 cm³/mol. The van der Waals surface area contributed by atoms with Crippen LogP contribution >= 0.6 is 0 Å². The van der Waals surface area contributed by atoms with E-state index in [1.165, 1.54) is 42.8 Å². The Kier molecular flexibility index (Phi) is 6.67. The zero-order chi connectivity index (χ0) is 21.3. The molecule has 3 rings (SSSR count). The van der Waals surface area contributed by atoms with Crippen LogP contribution in [0.25, 0.3) is 0 Å². The first kappa shape index (κ1) is 20.5. The fraction of sp³-hybridized carbons (Fsp3) is 0.0476. The first-order chi connectivity index (χ1) is 14.5. The number of carbonyl (C=O) groups is 3. The standard InChI is InChI=1S/C21H16FN3O5/c22-16-6-2-5-15(11-16)21(28)30-17-7-1-4-14(10-17)12-24-25-19(26)13-23-20(27)18-8-3-9-29-18/h1-12H,13H2,(H,23,27)(H,25,26)/b24-12-. The lowest BCUT2D eigenvalue weighted by Gasteiger charge is -2.05. The van der Waals surface area contributed by atoms with Crippen LogP contribution in [0.1, 0.15) is 26.5 Å². The van der Waals surface area contributed by atoms with E-state index in [0.29, 0.717) is 5.56 Å². The van der Waals surface area contributed by atoms with Crippen LogP contribution < -0.4 is 15.5 Å². The number of carbonyl (C=O) groups excluding carboxylic acids is 3. The number of amides is 2. The summed E-state index contributed by atoms with van der Waals surface area (Å²) in [4.78, 5) is 35.5. The van der Waals surface area contributed by atoms with Crippen molar-refractivity contribution in [3.05, 3.63) is 89.6 Å². The summed E-state index contributed by atoms with van der Waals surface area (Å²) in [7, 11) is 0. The van der Waals surface area contributed by atoms with Crippen molar-refractivity contribution in [1.29, 1.82) is 0 Å². The number of hydrazone groups is 1. The maximum absolute atomic E-state index is 13.2. The van der Waals surface area contributed by atoms with Crippen molar-refractivity contribution in [2.45, 2.75) is 0 Å². The minimum atomic E-state index is -0.704. The van der Waals surface area contributed by atoms with E-state index in [4.69, 9.17) is 9.15 Å². The number of benzene rings is 2. The molecule has 0 aliphatic carbocycles. The van der Waals surface area contributed by atoms with Gasteiger partial charge in [0.1, 0.15) is 11.6 Å². The SMILES string of the molecule is O=C(CNC(=O)c1ccco1)N/N=C\c1cccc(OC(=O)c2cccc(F)c2)c1. The molecular formula is C21H16FN3O5. The number of hydrogen-bond donors (Lipinski definition) is 2. The average Bonchev–Trinajstić information content (AvgIpc) is 3.27. The van der Waals surface area contributed by atoms with Crippen molar-refractivity contribution < 1.29 is 27.9 Å². The summed E-state index contributed by atoms with van der Waals surface area (Å²) in [6.07, 6.45) is 2.69. The third kappa shape index (κ3) is 5.86. The molecule has 0 aliphatic rings. The van der Waals surface area contributed by atoms with E-state index in [0.717, 1.165) is 6.07 Å². The van der Waals surface area contributed by atoms with Crippen LogP contribution in [-0.4, -0.2) is 30.5 Å². The molecule has 0 radical (unpaired) electrons. The van der Waals surface area contributed by atoms with Crippen LogP contribution in [-0.2, 0) is 4.79 Å². The lowest BCUT2D eigenvalue weighted by atomic mass is 10.2. The molecule has 9 heteroatoms. The number of ether oxygens (including phenoxy) is 1. The van der Waals surface area contributed by atoms with E-state index in [2.05, 4.69) is 15.8 Å². The summed E-state index contributed by atoms with van der Waals surface area (Å²) in [5.41, 5.74) is 2.88. The number of halogens is 1. The molecule has 2 aromatic carbocycles. The van der Waals surface area contributed by atoms with E-state index in [1.54, 1.807) is 24.3 Å². The van der Waals surface area contributed by atoms with E-state index >= 15 is 0 Å². The van der Waals surface area contributed by atoms with E-state index in [-0.39, 0.29) is 23.6 Å². The van der Waals surface area contributed by atoms with Gasteiger partial charge in [-0.2, -0.15) is 5.10 Å². The Morgan fingerprint density at radius 1 is 1.07 bits per heavy atom. The molecule has 1 aromatic heterocycles. The second-order valence-corrected chi connectivity index (χ2v) is 5.93. The Bertz CT molecular complexity index is 1080. The Balaban J connectivity index is 1.50. The topological polar surface area (TPSA) is 110 Å². The van der Waals surface area contributed by atoms with Crippen molar-refractivity contribution in [1.82, 2.24) is 10.7 Å². The smallest absolute Gasteiger partial charge is 0.343 e. The second-order valence-electron chi connectivity index (χ2n) is 5.93. The van der Waals surface area contributed by atoms with Gasteiger partial charge in [0.05, 0.1) is 24.6 Å². The molecule has 0 aliphatic heterocycles. The van der Waals surface area contributed by atoms with Gasteiger partial charge in [0.15, 0.2) is 5.76 Å². The van der Waals surface area contributed by atoms with Gasteiger partial charge in [0, 0.05) is 0 Å². The minimum absolute atomic E-state index is 0.0814. The molecular weight excluding hydrogens is 393 g/mol. The molecule has 30 heavy (non-hydrogen) atoms. The Labute approximate surface area is 170 Å². The molecule has 0 saturated carbocycles. The number of esters is 1. The third-order valence-electron chi connectivity index (χ3n) is 3.69. The Morgan fingerprint density at radius 3 is 2.67 bits per heavy atom. The summed E-state index contributed by atoms with van der Waals surface area (Å²) in [5.74, 6) is -1.99. The highest BCUT2D eigenvalue weighted by Gasteiger charge is 2.10. The molecule has 0 spiro atoms. The van der Waals surface area contributed by atoms with Crippen molar-refractivity contribution >= 4 is 24.0 Å². The molecule has 1 heterocycles.